The molecule has 0 saturated carbocycles. The van der Waals surface area contributed by atoms with Crippen molar-refractivity contribution >= 4 is 11.8 Å². The highest BCUT2D eigenvalue weighted by Gasteiger charge is 2.27. The number of aromatic nitrogens is 2. The van der Waals surface area contributed by atoms with Gasteiger partial charge in [0, 0.05) is 38.8 Å². The Labute approximate surface area is 140 Å². The third kappa shape index (κ3) is 4.64. The zero-order valence-corrected chi connectivity index (χ0v) is 14.3. The molecule has 24 heavy (non-hydrogen) atoms. The van der Waals surface area contributed by atoms with Crippen LogP contribution >= 0.6 is 0 Å². The summed E-state index contributed by atoms with van der Waals surface area (Å²) in [4.78, 5) is 45.2. The zero-order valence-electron chi connectivity index (χ0n) is 14.3. The van der Waals surface area contributed by atoms with Crippen molar-refractivity contribution < 1.29 is 14.7 Å². The Morgan fingerprint density at radius 3 is 2.58 bits per heavy atom. The minimum atomic E-state index is -0.822. The Morgan fingerprint density at radius 1 is 1.33 bits per heavy atom. The van der Waals surface area contributed by atoms with Gasteiger partial charge in [0.25, 0.3) is 5.91 Å². The van der Waals surface area contributed by atoms with Gasteiger partial charge in [0.05, 0.1) is 6.10 Å². The highest BCUT2D eigenvalue weighted by Crippen LogP contribution is 2.10. The first-order valence-corrected chi connectivity index (χ1v) is 8.09. The Bertz CT molecular complexity index is 670. The molecule has 0 aromatic carbocycles. The molecule has 8 nitrogen and oxygen atoms in total. The van der Waals surface area contributed by atoms with Crippen molar-refractivity contribution in [3.8, 4) is 0 Å². The summed E-state index contributed by atoms with van der Waals surface area (Å²) in [5.41, 5.74) is 0.171. The van der Waals surface area contributed by atoms with E-state index in [1.165, 1.54) is 16.7 Å². The number of rotatable bonds is 3. The van der Waals surface area contributed by atoms with Crippen LogP contribution in [-0.4, -0.2) is 69.0 Å². The second-order valence-electron chi connectivity index (χ2n) is 6.56. The number of carbonyl (C=O) groups is 2. The average molecular weight is 336 g/mol. The van der Waals surface area contributed by atoms with E-state index in [-0.39, 0.29) is 24.7 Å². The SMILES string of the molecule is CC(=O)N1CCN(C(=O)c2cc(CC(C)C)[nH]c(=O)n2)C[C@@H](O)C1. The van der Waals surface area contributed by atoms with Gasteiger partial charge in [0.1, 0.15) is 5.69 Å². The van der Waals surface area contributed by atoms with Crippen LogP contribution in [0.5, 0.6) is 0 Å². The topological polar surface area (TPSA) is 107 Å². The second-order valence-corrected chi connectivity index (χ2v) is 6.56. The average Bonchev–Trinajstić information content (AvgIpc) is 2.67. The van der Waals surface area contributed by atoms with Crippen molar-refractivity contribution in [2.24, 2.45) is 5.92 Å². The molecule has 0 bridgehead atoms. The van der Waals surface area contributed by atoms with Crippen molar-refractivity contribution in [2.45, 2.75) is 33.3 Å². The number of β-amino-alcohol motifs (C(OH)–C–C–N with tert-alkyl or cyclic N) is 1. The Balaban J connectivity index is 2.20. The molecule has 2 heterocycles. The fraction of sp³-hybridized carbons (Fsp3) is 0.625. The molecule has 8 heteroatoms. The number of aliphatic hydroxyl groups excluding tert-OH is 1. The number of aromatic amines is 1. The van der Waals surface area contributed by atoms with Gasteiger partial charge in [-0.2, -0.15) is 4.98 Å². The molecule has 2 amide bonds. The number of H-pyrrole nitrogens is 1. The van der Waals surface area contributed by atoms with Gasteiger partial charge in [0.15, 0.2) is 0 Å². The molecule has 1 aromatic heterocycles. The van der Waals surface area contributed by atoms with E-state index >= 15 is 0 Å². The smallest absolute Gasteiger partial charge is 0.345 e. The molecule has 132 valence electrons. The maximum atomic E-state index is 12.7. The predicted molar refractivity (Wildman–Crippen MR) is 87.6 cm³/mol. The number of nitrogens with one attached hydrogen (secondary N) is 1. The summed E-state index contributed by atoms with van der Waals surface area (Å²) in [6.45, 7) is 6.41. The van der Waals surface area contributed by atoms with Crippen molar-refractivity contribution in [3.63, 3.8) is 0 Å². The lowest BCUT2D eigenvalue weighted by Crippen LogP contribution is -2.39. The highest BCUT2D eigenvalue weighted by atomic mass is 16.3. The van der Waals surface area contributed by atoms with Crippen LogP contribution < -0.4 is 5.69 Å². The van der Waals surface area contributed by atoms with Gasteiger partial charge < -0.3 is 19.9 Å². The number of nitrogens with zero attached hydrogens (tertiary/aromatic N) is 3. The second kappa shape index (κ2) is 7.57. The van der Waals surface area contributed by atoms with E-state index in [1.54, 1.807) is 6.07 Å². The summed E-state index contributed by atoms with van der Waals surface area (Å²) in [5, 5.41) is 10.0. The lowest BCUT2D eigenvalue weighted by molar-refractivity contribution is -0.129. The van der Waals surface area contributed by atoms with Crippen LogP contribution in [0.15, 0.2) is 10.9 Å². The summed E-state index contributed by atoms with van der Waals surface area (Å²) >= 11 is 0. The standard InChI is InChI=1S/C16H24N4O4/c1-10(2)6-12-7-14(18-16(24)17-12)15(23)20-5-4-19(11(3)21)8-13(22)9-20/h7,10,13,22H,4-6,8-9H2,1-3H3,(H,17,18,24)/t13-/m0/s1. The molecule has 0 unspecified atom stereocenters. The maximum Gasteiger partial charge on any atom is 0.345 e. The molecule has 0 spiro atoms. The van der Waals surface area contributed by atoms with Crippen LogP contribution in [0.1, 0.15) is 37.0 Å². The van der Waals surface area contributed by atoms with E-state index in [2.05, 4.69) is 9.97 Å². The Morgan fingerprint density at radius 2 is 1.96 bits per heavy atom. The molecule has 1 saturated heterocycles. The van der Waals surface area contributed by atoms with Crippen LogP contribution in [-0.2, 0) is 11.2 Å². The molecular formula is C16H24N4O4. The molecule has 1 aromatic rings. The predicted octanol–water partition coefficient (Wildman–Crippen LogP) is -0.366. The third-order valence-corrected chi connectivity index (χ3v) is 3.88. The number of amides is 2. The molecule has 2 N–H and O–H groups in total. The lowest BCUT2D eigenvalue weighted by Gasteiger charge is -2.21. The van der Waals surface area contributed by atoms with Crippen LogP contribution in [0.2, 0.25) is 0 Å². The molecule has 0 aliphatic carbocycles. The molecule has 1 aliphatic heterocycles. The normalized spacial score (nSPS) is 18.6. The van der Waals surface area contributed by atoms with Crippen molar-refractivity contribution in [3.05, 3.63) is 27.9 Å². The first-order valence-electron chi connectivity index (χ1n) is 8.09. The summed E-state index contributed by atoms with van der Waals surface area (Å²) in [6.07, 6.45) is -0.184. The van der Waals surface area contributed by atoms with E-state index in [0.717, 1.165) is 0 Å². The number of hydrogen-bond acceptors (Lipinski definition) is 5. The zero-order chi connectivity index (χ0) is 17.9. The van der Waals surface area contributed by atoms with Crippen molar-refractivity contribution in [1.82, 2.24) is 19.8 Å². The van der Waals surface area contributed by atoms with Gasteiger partial charge in [-0.05, 0) is 18.4 Å². The Hall–Kier alpha value is -2.22. The molecule has 1 atom stereocenters. The van der Waals surface area contributed by atoms with Crippen molar-refractivity contribution in [1.29, 1.82) is 0 Å². The minimum Gasteiger partial charge on any atom is -0.389 e. The van der Waals surface area contributed by atoms with Gasteiger partial charge in [-0.1, -0.05) is 13.8 Å². The van der Waals surface area contributed by atoms with Gasteiger partial charge in [-0.25, -0.2) is 4.79 Å². The van der Waals surface area contributed by atoms with E-state index in [4.69, 9.17) is 0 Å². The van der Waals surface area contributed by atoms with Crippen molar-refractivity contribution in [2.75, 3.05) is 26.2 Å². The minimum absolute atomic E-state index is 0.0675. The fourth-order valence-corrected chi connectivity index (χ4v) is 2.79. The van der Waals surface area contributed by atoms with E-state index < -0.39 is 17.7 Å². The number of aliphatic hydroxyl groups is 1. The third-order valence-electron chi connectivity index (χ3n) is 3.88. The van der Waals surface area contributed by atoms with Crippen LogP contribution in [0.4, 0.5) is 0 Å². The van der Waals surface area contributed by atoms with Gasteiger partial charge in [0.2, 0.25) is 5.91 Å². The van der Waals surface area contributed by atoms with Crippen LogP contribution in [0.25, 0.3) is 0 Å². The van der Waals surface area contributed by atoms with Crippen LogP contribution in [0, 0.1) is 5.92 Å². The van der Waals surface area contributed by atoms with Gasteiger partial charge in [-0.3, -0.25) is 9.59 Å². The molecule has 1 fully saturated rings. The quantitative estimate of drug-likeness (QED) is 0.783. The highest BCUT2D eigenvalue weighted by molar-refractivity contribution is 5.92. The van der Waals surface area contributed by atoms with Gasteiger partial charge in [-0.15, -0.1) is 0 Å². The summed E-state index contributed by atoms with van der Waals surface area (Å²) < 4.78 is 0. The van der Waals surface area contributed by atoms with E-state index in [0.29, 0.717) is 31.1 Å². The summed E-state index contributed by atoms with van der Waals surface area (Å²) in [5.74, 6) is -0.220. The number of hydrogen-bond donors (Lipinski definition) is 2. The maximum absolute atomic E-state index is 12.7. The molecule has 2 rings (SSSR count). The van der Waals surface area contributed by atoms with Crippen LogP contribution in [0.3, 0.4) is 0 Å². The Kier molecular flexibility index (Phi) is 5.71. The lowest BCUT2D eigenvalue weighted by atomic mass is 10.1. The first-order chi connectivity index (χ1) is 11.3. The molecule has 0 radical (unpaired) electrons. The summed E-state index contributed by atoms with van der Waals surface area (Å²) in [7, 11) is 0. The number of carbonyl (C=O) groups excluding carboxylic acids is 2. The monoisotopic (exact) mass is 336 g/mol. The van der Waals surface area contributed by atoms with Gasteiger partial charge >= 0.3 is 5.69 Å². The molecule has 1 aliphatic rings. The summed E-state index contributed by atoms with van der Waals surface area (Å²) in [6, 6.07) is 1.59. The largest absolute Gasteiger partial charge is 0.389 e. The van der Waals surface area contributed by atoms with E-state index in [9.17, 15) is 19.5 Å². The molecular weight excluding hydrogens is 312 g/mol. The first kappa shape index (κ1) is 18.1. The van der Waals surface area contributed by atoms with E-state index in [1.807, 2.05) is 13.8 Å². The fourth-order valence-electron chi connectivity index (χ4n) is 2.79.